The van der Waals surface area contributed by atoms with Crippen LogP contribution in [0.5, 0.6) is 0 Å². The van der Waals surface area contributed by atoms with Crippen LogP contribution in [0.4, 0.5) is 0 Å². The van der Waals surface area contributed by atoms with Crippen molar-refractivity contribution in [3.8, 4) is 28.1 Å². The predicted octanol–water partition coefficient (Wildman–Crippen LogP) is 6.70. The Hall–Kier alpha value is -2.71. The Kier molecular flexibility index (Phi) is 3.99. The normalized spacial score (nSPS) is 13.8. The van der Waals surface area contributed by atoms with E-state index in [-0.39, 0.29) is 5.41 Å². The first-order valence-electron chi connectivity index (χ1n) is 9.57. The molecule has 0 bridgehead atoms. The molecule has 5 rings (SSSR count). The van der Waals surface area contributed by atoms with Crippen molar-refractivity contribution in [2.75, 3.05) is 0 Å². The van der Waals surface area contributed by atoms with E-state index in [1.165, 1.54) is 39.3 Å². The Morgan fingerprint density at radius 2 is 1.36 bits per heavy atom. The van der Waals surface area contributed by atoms with Gasteiger partial charge in [-0.05, 0) is 49.2 Å². The molecule has 136 valence electrons. The first-order chi connectivity index (χ1) is 13.6. The second-order valence-corrected chi connectivity index (χ2v) is 8.78. The van der Waals surface area contributed by atoms with Crippen LogP contribution in [-0.2, 0) is 5.41 Å². The molecule has 1 aliphatic heterocycles. The monoisotopic (exact) mass is 426 g/mol. The molecule has 28 heavy (non-hydrogen) atoms. The third kappa shape index (κ3) is 2.63. The summed E-state index contributed by atoms with van der Waals surface area (Å²) in [5.41, 5.74) is 8.88. The highest BCUT2D eigenvalue weighted by molar-refractivity contribution is 9.10. The number of hydrogen-bond donors (Lipinski definition) is 0. The molecule has 4 aromatic rings. The summed E-state index contributed by atoms with van der Waals surface area (Å²) in [5, 5.41) is 0. The summed E-state index contributed by atoms with van der Waals surface area (Å²) in [6.07, 6.45) is 0. The van der Waals surface area contributed by atoms with Gasteiger partial charge >= 0.3 is 0 Å². The number of para-hydroxylation sites is 1. The summed E-state index contributed by atoms with van der Waals surface area (Å²) >= 11 is 3.55. The van der Waals surface area contributed by atoms with E-state index in [1.54, 1.807) is 0 Å². The molecule has 0 radical (unpaired) electrons. The Morgan fingerprint density at radius 3 is 2.11 bits per heavy atom. The molecule has 1 nitrogen and oxygen atoms in total. The van der Waals surface area contributed by atoms with Crippen LogP contribution in [0.1, 0.15) is 25.1 Å². The molecule has 0 aliphatic carbocycles. The van der Waals surface area contributed by atoms with Crippen LogP contribution in [0.25, 0.3) is 28.1 Å². The highest BCUT2D eigenvalue weighted by Gasteiger charge is 2.45. The standard InChI is InChI=1S/C26H21BrN/c1-26(2)22-10-6-7-11-23(22)28-24(19-8-4-3-5-9-19)16-20(17-25(26)28)18-12-14-21(27)15-13-18/h3-17H,1-2H3/q+1. The molecule has 0 amide bonds. The molecule has 2 heteroatoms. The molecule has 0 saturated carbocycles. The second kappa shape index (κ2) is 6.42. The van der Waals surface area contributed by atoms with Crippen molar-refractivity contribution < 1.29 is 4.57 Å². The molecule has 1 aromatic heterocycles. The molecule has 0 fully saturated rings. The van der Waals surface area contributed by atoms with Gasteiger partial charge in [-0.2, -0.15) is 4.57 Å². The van der Waals surface area contributed by atoms with Gasteiger partial charge in [0.05, 0.1) is 5.41 Å². The molecule has 0 atom stereocenters. The molecule has 0 unspecified atom stereocenters. The van der Waals surface area contributed by atoms with Crippen molar-refractivity contribution in [3.05, 3.63) is 107 Å². The first-order valence-corrected chi connectivity index (χ1v) is 10.4. The largest absolute Gasteiger partial charge is 0.219 e. The maximum atomic E-state index is 3.55. The van der Waals surface area contributed by atoms with Gasteiger partial charge in [0, 0.05) is 33.8 Å². The molecular weight excluding hydrogens is 406 g/mol. The summed E-state index contributed by atoms with van der Waals surface area (Å²) in [7, 11) is 0. The SMILES string of the molecule is CC1(C)c2ccccc2-[n+]2c(-c3ccccc3)cc(-c3ccc(Br)cc3)cc21. The lowest BCUT2D eigenvalue weighted by molar-refractivity contribution is -0.588. The molecule has 0 N–H and O–H groups in total. The van der Waals surface area contributed by atoms with Crippen LogP contribution in [0.3, 0.4) is 0 Å². The van der Waals surface area contributed by atoms with Gasteiger partial charge in [-0.3, -0.25) is 0 Å². The zero-order chi connectivity index (χ0) is 19.3. The van der Waals surface area contributed by atoms with E-state index in [4.69, 9.17) is 0 Å². The smallest absolute Gasteiger partial charge is 0.156 e. The van der Waals surface area contributed by atoms with E-state index in [1.807, 2.05) is 0 Å². The van der Waals surface area contributed by atoms with Crippen molar-refractivity contribution >= 4 is 15.9 Å². The van der Waals surface area contributed by atoms with Crippen LogP contribution >= 0.6 is 15.9 Å². The zero-order valence-electron chi connectivity index (χ0n) is 16.0. The molecule has 2 heterocycles. The summed E-state index contributed by atoms with van der Waals surface area (Å²) in [6, 6.07) is 32.7. The molecular formula is C26H21BrN+. The third-order valence-corrected chi connectivity index (χ3v) is 6.30. The second-order valence-electron chi connectivity index (χ2n) is 7.86. The van der Waals surface area contributed by atoms with Gasteiger partial charge in [0.15, 0.2) is 5.69 Å². The van der Waals surface area contributed by atoms with Crippen LogP contribution in [0.2, 0.25) is 0 Å². The fraction of sp³-hybridized carbons (Fsp3) is 0.115. The quantitative estimate of drug-likeness (QED) is 0.314. The van der Waals surface area contributed by atoms with Crippen LogP contribution in [-0.4, -0.2) is 0 Å². The number of rotatable bonds is 2. The highest BCUT2D eigenvalue weighted by Crippen LogP contribution is 2.41. The van der Waals surface area contributed by atoms with Gasteiger partial charge in [0.25, 0.3) is 0 Å². The minimum Gasteiger partial charge on any atom is -0.156 e. The summed E-state index contributed by atoms with van der Waals surface area (Å²) in [4.78, 5) is 0. The Balaban J connectivity index is 1.85. The van der Waals surface area contributed by atoms with Gasteiger partial charge in [-0.15, -0.1) is 0 Å². The average molecular weight is 427 g/mol. The van der Waals surface area contributed by atoms with Gasteiger partial charge in [-0.25, -0.2) is 0 Å². The van der Waals surface area contributed by atoms with Gasteiger partial charge in [-0.1, -0.05) is 64.5 Å². The molecule has 0 saturated heterocycles. The maximum Gasteiger partial charge on any atom is 0.219 e. The van der Waals surface area contributed by atoms with E-state index in [2.05, 4.69) is 125 Å². The van der Waals surface area contributed by atoms with Gasteiger partial charge < -0.3 is 0 Å². The van der Waals surface area contributed by atoms with Crippen molar-refractivity contribution in [1.82, 2.24) is 0 Å². The van der Waals surface area contributed by atoms with Crippen LogP contribution in [0.15, 0.2) is 95.5 Å². The van der Waals surface area contributed by atoms with E-state index < -0.39 is 0 Å². The molecule has 0 spiro atoms. The Bertz CT molecular complexity index is 1170. The minimum absolute atomic E-state index is 0.0501. The topological polar surface area (TPSA) is 3.88 Å². The highest BCUT2D eigenvalue weighted by atomic mass is 79.9. The van der Waals surface area contributed by atoms with Crippen LogP contribution < -0.4 is 4.57 Å². The number of halogens is 1. The lowest BCUT2D eigenvalue weighted by Gasteiger charge is -2.15. The number of fused-ring (bicyclic) bond motifs is 3. The third-order valence-electron chi connectivity index (χ3n) is 5.77. The van der Waals surface area contributed by atoms with Crippen molar-refractivity contribution in [1.29, 1.82) is 0 Å². The number of pyridine rings is 1. The van der Waals surface area contributed by atoms with Crippen molar-refractivity contribution in [2.24, 2.45) is 0 Å². The molecule has 1 aliphatic rings. The summed E-state index contributed by atoms with van der Waals surface area (Å²) < 4.78 is 3.54. The van der Waals surface area contributed by atoms with E-state index in [0.29, 0.717) is 0 Å². The van der Waals surface area contributed by atoms with E-state index >= 15 is 0 Å². The van der Waals surface area contributed by atoms with Crippen molar-refractivity contribution in [3.63, 3.8) is 0 Å². The summed E-state index contributed by atoms with van der Waals surface area (Å²) in [5.74, 6) is 0. The maximum absolute atomic E-state index is 3.55. The first kappa shape index (κ1) is 17.4. The number of benzene rings is 3. The van der Waals surface area contributed by atoms with E-state index in [9.17, 15) is 0 Å². The Morgan fingerprint density at radius 1 is 0.679 bits per heavy atom. The van der Waals surface area contributed by atoms with Gasteiger partial charge in [0.1, 0.15) is 0 Å². The fourth-order valence-electron chi connectivity index (χ4n) is 4.28. The van der Waals surface area contributed by atoms with Crippen LogP contribution in [0, 0.1) is 0 Å². The fourth-order valence-corrected chi connectivity index (χ4v) is 4.54. The average Bonchev–Trinajstić information content (AvgIpc) is 2.96. The summed E-state index contributed by atoms with van der Waals surface area (Å²) in [6.45, 7) is 4.65. The number of hydrogen-bond acceptors (Lipinski definition) is 0. The lowest BCUT2D eigenvalue weighted by Crippen LogP contribution is -2.37. The predicted molar refractivity (Wildman–Crippen MR) is 119 cm³/mol. The van der Waals surface area contributed by atoms with E-state index in [0.717, 1.165) is 4.47 Å². The molecule has 3 aromatic carbocycles. The Labute approximate surface area is 174 Å². The van der Waals surface area contributed by atoms with Crippen molar-refractivity contribution in [2.45, 2.75) is 19.3 Å². The number of aromatic nitrogens is 1. The zero-order valence-corrected chi connectivity index (χ0v) is 17.6. The minimum atomic E-state index is -0.0501. The number of nitrogens with zero attached hydrogens (tertiary/aromatic N) is 1. The van der Waals surface area contributed by atoms with Gasteiger partial charge in [0.2, 0.25) is 11.4 Å². The lowest BCUT2D eigenvalue weighted by atomic mass is 9.82.